The van der Waals surface area contributed by atoms with Gasteiger partial charge < -0.3 is 20.3 Å². The number of carbonyl (C=O) groups excluding carboxylic acids is 4. The van der Waals surface area contributed by atoms with Gasteiger partial charge in [0.15, 0.2) is 11.2 Å². The molecule has 3 unspecified atom stereocenters. The van der Waals surface area contributed by atoms with Crippen LogP contribution < -0.4 is 30.5 Å². The molecular formula is C42H47F3N8O5S. The highest BCUT2D eigenvalue weighted by atomic mass is 32.1. The highest BCUT2D eigenvalue weighted by Crippen LogP contribution is 2.44. The summed E-state index contributed by atoms with van der Waals surface area (Å²) in [5, 5.41) is 17.7. The molecule has 13 nitrogen and oxygen atoms in total. The number of fused-ring (bicyclic) bond motifs is 2. The number of nitrogens with zero attached hydrogens (tertiary/aromatic N) is 5. The lowest BCUT2D eigenvalue weighted by molar-refractivity contribution is -0.138. The molecule has 4 aliphatic rings. The quantitative estimate of drug-likeness (QED) is 0.122. The maximum atomic E-state index is 13.8. The Kier molecular flexibility index (Phi) is 11.9. The number of hydrogen-bond acceptors (Lipinski definition) is 11. The van der Waals surface area contributed by atoms with E-state index in [1.807, 2.05) is 31.2 Å². The van der Waals surface area contributed by atoms with Gasteiger partial charge in [0.2, 0.25) is 17.7 Å². The Hall–Kier alpha value is -5.34. The number of nitriles is 1. The van der Waals surface area contributed by atoms with Crippen molar-refractivity contribution in [2.75, 3.05) is 33.6 Å². The van der Waals surface area contributed by atoms with E-state index in [1.54, 1.807) is 36.9 Å². The Balaban J connectivity index is 0.930. The molecule has 3 N–H and O–H groups in total. The van der Waals surface area contributed by atoms with Crippen LogP contribution in [-0.4, -0.2) is 75.8 Å². The predicted molar refractivity (Wildman–Crippen MR) is 218 cm³/mol. The number of carbonyl (C=O) groups is 4. The summed E-state index contributed by atoms with van der Waals surface area (Å²) in [6.45, 7) is 6.16. The van der Waals surface area contributed by atoms with Crippen molar-refractivity contribution in [3.63, 3.8) is 0 Å². The number of benzene rings is 2. The van der Waals surface area contributed by atoms with Crippen LogP contribution in [-0.2, 0) is 31.8 Å². The predicted octanol–water partition coefficient (Wildman–Crippen LogP) is 6.25. The smallest absolute Gasteiger partial charge is 0.419 e. The Labute approximate surface area is 346 Å². The minimum Gasteiger partial charge on any atom is -0.493 e. The van der Waals surface area contributed by atoms with E-state index in [0.717, 1.165) is 54.8 Å². The van der Waals surface area contributed by atoms with Crippen LogP contribution in [0.1, 0.15) is 82.5 Å². The first-order valence-electron chi connectivity index (χ1n) is 19.9. The number of rotatable bonds is 12. The number of halogens is 3. The molecule has 0 spiro atoms. The zero-order valence-corrected chi connectivity index (χ0v) is 33.9. The lowest BCUT2D eigenvalue weighted by Crippen LogP contribution is -2.47. The molecule has 4 amide bonds. The second kappa shape index (κ2) is 16.7. The fourth-order valence-corrected chi connectivity index (χ4v) is 9.60. The first-order chi connectivity index (χ1) is 28.1. The van der Waals surface area contributed by atoms with Crippen molar-refractivity contribution >= 4 is 59.0 Å². The number of piperidine rings is 2. The minimum atomic E-state index is -4.84. The zero-order valence-electron chi connectivity index (χ0n) is 33.0. The van der Waals surface area contributed by atoms with Gasteiger partial charge in [-0.15, -0.1) is 12.6 Å². The summed E-state index contributed by atoms with van der Waals surface area (Å²) in [5.41, 5.74) is -1.39. The third-order valence-electron chi connectivity index (χ3n) is 11.9. The Bertz CT molecular complexity index is 2170. The Morgan fingerprint density at radius 3 is 2.46 bits per heavy atom. The van der Waals surface area contributed by atoms with Gasteiger partial charge in [-0.3, -0.25) is 34.3 Å². The maximum Gasteiger partial charge on any atom is 0.419 e. The van der Waals surface area contributed by atoms with Gasteiger partial charge in [-0.05, 0) is 113 Å². The number of ether oxygens (including phenoxy) is 1. The Morgan fingerprint density at radius 1 is 1.05 bits per heavy atom. The van der Waals surface area contributed by atoms with Crippen LogP contribution in [0.15, 0.2) is 54.7 Å². The minimum absolute atomic E-state index is 0.0992. The molecule has 312 valence electrons. The summed E-state index contributed by atoms with van der Waals surface area (Å²) < 4.78 is 47.7. The molecular weight excluding hydrogens is 786 g/mol. The number of hydrogen-bond donors (Lipinski definition) is 4. The van der Waals surface area contributed by atoms with Gasteiger partial charge in [0.25, 0.3) is 5.91 Å². The van der Waals surface area contributed by atoms with E-state index < -0.39 is 40.4 Å². The van der Waals surface area contributed by atoms with E-state index in [-0.39, 0.29) is 29.8 Å². The topological polar surface area (TPSA) is 160 Å². The zero-order chi connectivity index (χ0) is 42.2. The van der Waals surface area contributed by atoms with Gasteiger partial charge in [0, 0.05) is 35.6 Å². The molecule has 4 saturated heterocycles. The molecule has 5 atom stereocenters. The first-order valence-corrected chi connectivity index (χ1v) is 20.4. The summed E-state index contributed by atoms with van der Waals surface area (Å²) in [6.07, 6.45) is 2.41. The Morgan fingerprint density at radius 2 is 1.78 bits per heavy atom. The van der Waals surface area contributed by atoms with Crippen molar-refractivity contribution < 1.29 is 37.1 Å². The lowest BCUT2D eigenvalue weighted by atomic mass is 9.88. The second-order valence-corrected chi connectivity index (χ2v) is 16.6. The monoisotopic (exact) mass is 832 g/mol. The summed E-state index contributed by atoms with van der Waals surface area (Å²) in [5.74, 6) is -0.0520. The molecule has 59 heavy (non-hydrogen) atoms. The molecule has 0 radical (unpaired) electrons. The summed E-state index contributed by atoms with van der Waals surface area (Å²) in [7, 11) is 0. The highest BCUT2D eigenvalue weighted by Gasteiger charge is 2.52. The number of alkyl halides is 3. The average Bonchev–Trinajstić information content (AvgIpc) is 3.51. The third-order valence-corrected chi connectivity index (χ3v) is 12.4. The first kappa shape index (κ1) is 41.8. The van der Waals surface area contributed by atoms with Crippen LogP contribution in [0.5, 0.6) is 5.75 Å². The maximum absolute atomic E-state index is 13.8. The van der Waals surface area contributed by atoms with E-state index in [2.05, 4.69) is 25.8 Å². The van der Waals surface area contributed by atoms with Crippen LogP contribution in [0.2, 0.25) is 0 Å². The number of imide groups is 1. The number of aromatic nitrogens is 1. The van der Waals surface area contributed by atoms with Crippen molar-refractivity contribution in [1.29, 1.82) is 5.26 Å². The van der Waals surface area contributed by atoms with Gasteiger partial charge in [-0.1, -0.05) is 13.0 Å². The third kappa shape index (κ3) is 8.70. The molecule has 5 heterocycles. The number of anilines is 4. The number of thiol groups is 1. The molecule has 2 aromatic carbocycles. The van der Waals surface area contributed by atoms with Crippen molar-refractivity contribution in [3.8, 4) is 11.8 Å². The number of aryl methyl sites for hydroxylation is 1. The van der Waals surface area contributed by atoms with E-state index in [4.69, 9.17) is 17.4 Å². The van der Waals surface area contributed by atoms with Gasteiger partial charge >= 0.3 is 6.18 Å². The molecule has 0 saturated carbocycles. The number of nitrogens with one attached hydrogen (secondary N) is 3. The van der Waals surface area contributed by atoms with E-state index in [1.165, 1.54) is 6.07 Å². The van der Waals surface area contributed by atoms with E-state index in [9.17, 15) is 37.6 Å². The van der Waals surface area contributed by atoms with E-state index >= 15 is 0 Å². The van der Waals surface area contributed by atoms with Gasteiger partial charge in [0.1, 0.15) is 23.4 Å². The normalized spacial score (nSPS) is 24.2. The molecule has 4 fully saturated rings. The fraction of sp³-hybridized carbons (Fsp3) is 0.476. The van der Waals surface area contributed by atoms with Crippen molar-refractivity contribution in [2.45, 2.75) is 107 Å². The van der Waals surface area contributed by atoms with Crippen LogP contribution in [0.4, 0.5) is 35.9 Å². The summed E-state index contributed by atoms with van der Waals surface area (Å²) in [4.78, 5) is 59.6. The molecule has 1 aromatic heterocycles. The summed E-state index contributed by atoms with van der Waals surface area (Å²) in [6, 6.07) is 15.1. The molecule has 2 bridgehead atoms. The number of amides is 4. The van der Waals surface area contributed by atoms with Crippen molar-refractivity contribution in [3.05, 3.63) is 71.5 Å². The summed E-state index contributed by atoms with van der Waals surface area (Å²) >= 11 is 4.71. The van der Waals surface area contributed by atoms with Gasteiger partial charge in [-0.25, -0.2) is 4.98 Å². The molecule has 0 aliphatic carbocycles. The molecule has 4 aliphatic heterocycles. The average molecular weight is 833 g/mol. The van der Waals surface area contributed by atoms with Crippen LogP contribution in [0.3, 0.4) is 0 Å². The largest absolute Gasteiger partial charge is 0.493 e. The van der Waals surface area contributed by atoms with Gasteiger partial charge in [-0.2, -0.15) is 18.4 Å². The second-order valence-electron chi connectivity index (χ2n) is 16.1. The number of pyridine rings is 1. The standard InChI is InChI=1S/C42H47F3N8O5S/c1-4-25-18-30(53-40(59)52(39(57)41(53,2)3)31-20-32(42(43,44)45)34(21-46)47-22-31)10-12-35(25)58-15-14-24-16-28-8-9-29(17-24)51(28)23-37(55)49-27-7-5-6-26(19-27)48-33-11-13-36(54)50-38(33)56/h5-7,10,12,18-20,22,24,28-29,33,40,48,59H,4,8-9,11,13-17,23H2,1-3H3,(H,49,55)(H,50,54,56)/t24?,28-,29+,33?,40?. The van der Waals surface area contributed by atoms with Crippen LogP contribution in [0.25, 0.3) is 0 Å². The SMILES string of the molecule is CCc1cc(N2C(S)N(c3cnc(C#N)c(C(F)(F)F)c3)C(=O)C2(C)C)ccc1OCCC1C[C@H]2CC[C@@H](C1)N2CC(=O)Nc1cccc(NC2CCC(=O)NC2=O)c1. The molecule has 3 aromatic rings. The van der Waals surface area contributed by atoms with Crippen LogP contribution >= 0.6 is 12.6 Å². The van der Waals surface area contributed by atoms with E-state index in [0.29, 0.717) is 66.8 Å². The van der Waals surface area contributed by atoms with Crippen LogP contribution in [0, 0.1) is 17.2 Å². The fourth-order valence-electron chi connectivity index (χ4n) is 8.94. The molecule has 17 heteroatoms. The molecule has 7 rings (SSSR count). The highest BCUT2D eigenvalue weighted by molar-refractivity contribution is 7.81. The van der Waals surface area contributed by atoms with Crippen molar-refractivity contribution in [2.24, 2.45) is 5.92 Å². The lowest BCUT2D eigenvalue weighted by Gasteiger charge is -2.38. The van der Waals surface area contributed by atoms with Crippen molar-refractivity contribution in [1.82, 2.24) is 15.2 Å². The van der Waals surface area contributed by atoms with Gasteiger partial charge in [0.05, 0.1) is 30.6 Å².